The molecule has 1 aromatic heterocycles. The second-order valence-corrected chi connectivity index (χ2v) is 8.17. The first kappa shape index (κ1) is 21.8. The number of likely N-dealkylation sites (tertiary alicyclic amines) is 1. The van der Waals surface area contributed by atoms with Crippen LogP contribution in [0.15, 0.2) is 36.7 Å². The molecule has 9 nitrogen and oxygen atoms in total. The van der Waals surface area contributed by atoms with Gasteiger partial charge in [0.25, 0.3) is 0 Å². The topological polar surface area (TPSA) is 97.8 Å². The summed E-state index contributed by atoms with van der Waals surface area (Å²) in [7, 11) is 0. The number of anilines is 1. The fraction of sp³-hybridized carbons (Fsp3) is 0.450. The van der Waals surface area contributed by atoms with Crippen LogP contribution in [0.3, 0.4) is 0 Å². The number of aromatic nitrogens is 3. The van der Waals surface area contributed by atoms with E-state index in [2.05, 4.69) is 15.0 Å². The molecule has 1 saturated heterocycles. The summed E-state index contributed by atoms with van der Waals surface area (Å²) in [5.74, 6) is 0.0732. The molecule has 2 amide bonds. The fourth-order valence-corrected chi connectivity index (χ4v) is 3.13. The Kier molecular flexibility index (Phi) is 6.71. The Balaban J connectivity index is 1.75. The highest BCUT2D eigenvalue weighted by atomic mass is 35.5. The van der Waals surface area contributed by atoms with Crippen LogP contribution < -0.4 is 4.90 Å². The summed E-state index contributed by atoms with van der Waals surface area (Å²) in [6.45, 7) is 6.20. The molecule has 160 valence electrons. The predicted molar refractivity (Wildman–Crippen MR) is 110 cm³/mol. The highest BCUT2D eigenvalue weighted by Gasteiger charge is 2.37. The third-order valence-corrected chi connectivity index (χ3v) is 4.51. The van der Waals surface area contributed by atoms with Crippen molar-refractivity contribution in [3.8, 4) is 0 Å². The van der Waals surface area contributed by atoms with Gasteiger partial charge < -0.3 is 14.4 Å². The maximum Gasteiger partial charge on any atom is 0.417 e. The fourth-order valence-electron chi connectivity index (χ4n) is 3.01. The van der Waals surface area contributed by atoms with Crippen LogP contribution >= 0.6 is 11.6 Å². The first-order chi connectivity index (χ1) is 14.2. The minimum Gasteiger partial charge on any atom is -0.444 e. The average Bonchev–Trinajstić information content (AvgIpc) is 3.16. The summed E-state index contributed by atoms with van der Waals surface area (Å²) < 4.78 is 10.9. The zero-order chi connectivity index (χ0) is 21.7. The van der Waals surface area contributed by atoms with Gasteiger partial charge in [-0.2, -0.15) is 4.98 Å². The van der Waals surface area contributed by atoms with E-state index in [-0.39, 0.29) is 30.4 Å². The molecular formula is C20H24ClN5O4. The molecule has 1 aliphatic heterocycles. The van der Waals surface area contributed by atoms with Gasteiger partial charge in [-0.1, -0.05) is 30.3 Å². The maximum absolute atomic E-state index is 12.9. The van der Waals surface area contributed by atoms with E-state index in [0.29, 0.717) is 13.0 Å². The lowest BCUT2D eigenvalue weighted by Crippen LogP contribution is -2.44. The van der Waals surface area contributed by atoms with Crippen LogP contribution in [0.2, 0.25) is 5.28 Å². The molecule has 2 heterocycles. The summed E-state index contributed by atoms with van der Waals surface area (Å²) >= 11 is 5.90. The summed E-state index contributed by atoms with van der Waals surface area (Å²) in [5.41, 5.74) is 0.242. The van der Waals surface area contributed by atoms with Crippen LogP contribution in [0.4, 0.5) is 15.5 Å². The number of ether oxygens (including phenoxy) is 2. The molecule has 0 spiro atoms. The quantitative estimate of drug-likeness (QED) is 0.725. The lowest BCUT2D eigenvalue weighted by Gasteiger charge is -2.27. The van der Waals surface area contributed by atoms with Crippen LogP contribution in [0.5, 0.6) is 0 Å². The summed E-state index contributed by atoms with van der Waals surface area (Å²) in [4.78, 5) is 40.1. The van der Waals surface area contributed by atoms with E-state index in [4.69, 9.17) is 21.1 Å². The Morgan fingerprint density at radius 1 is 1.23 bits per heavy atom. The average molecular weight is 434 g/mol. The highest BCUT2D eigenvalue weighted by Crippen LogP contribution is 2.23. The highest BCUT2D eigenvalue weighted by molar-refractivity contribution is 6.28. The normalized spacial score (nSPS) is 16.3. The number of carbonyl (C=O) groups excluding carboxylic acids is 2. The monoisotopic (exact) mass is 433 g/mol. The molecule has 1 atom stereocenters. The molecule has 0 N–H and O–H groups in total. The van der Waals surface area contributed by atoms with Crippen molar-refractivity contribution in [2.75, 3.05) is 18.0 Å². The van der Waals surface area contributed by atoms with Gasteiger partial charge in [0.2, 0.25) is 11.2 Å². The minimum atomic E-state index is -0.628. The van der Waals surface area contributed by atoms with E-state index in [0.717, 1.165) is 5.56 Å². The third kappa shape index (κ3) is 5.79. The first-order valence-electron chi connectivity index (χ1n) is 9.55. The van der Waals surface area contributed by atoms with Crippen molar-refractivity contribution in [2.45, 2.75) is 45.4 Å². The van der Waals surface area contributed by atoms with Gasteiger partial charge in [0.15, 0.2) is 0 Å². The molecule has 10 heteroatoms. The molecule has 2 aromatic rings. The lowest BCUT2D eigenvalue weighted by atomic mass is 10.2. The molecule has 0 aliphatic carbocycles. The van der Waals surface area contributed by atoms with Crippen LogP contribution in [0.25, 0.3) is 0 Å². The van der Waals surface area contributed by atoms with Gasteiger partial charge in [0, 0.05) is 13.1 Å². The van der Waals surface area contributed by atoms with Crippen molar-refractivity contribution in [2.24, 2.45) is 0 Å². The van der Waals surface area contributed by atoms with E-state index < -0.39 is 17.8 Å². The molecule has 1 aliphatic rings. The minimum absolute atomic E-state index is 0.0390. The summed E-state index contributed by atoms with van der Waals surface area (Å²) in [6, 6.07) is 8.94. The van der Waals surface area contributed by atoms with Crippen molar-refractivity contribution >= 4 is 29.7 Å². The van der Waals surface area contributed by atoms with Gasteiger partial charge >= 0.3 is 12.2 Å². The number of rotatable bonds is 4. The van der Waals surface area contributed by atoms with Crippen molar-refractivity contribution in [1.82, 2.24) is 19.9 Å². The lowest BCUT2D eigenvalue weighted by molar-refractivity contribution is 0.0291. The molecule has 0 bridgehead atoms. The number of halogens is 1. The Hall–Kier alpha value is -2.94. The number of hydrogen-bond acceptors (Lipinski definition) is 7. The Morgan fingerprint density at radius 2 is 1.97 bits per heavy atom. The molecule has 1 aromatic carbocycles. The standard InChI is InChI=1S/C20H24ClN5O4/c1-20(2,3)30-18(27)25-10-9-15(11-25)26(17-23-13-22-16(21)24-17)19(28)29-12-14-7-5-4-6-8-14/h4-8,13,15H,9-12H2,1-3H3. The van der Waals surface area contributed by atoms with Gasteiger partial charge in [-0.15, -0.1) is 0 Å². The van der Waals surface area contributed by atoms with E-state index in [1.807, 2.05) is 30.3 Å². The molecule has 30 heavy (non-hydrogen) atoms. The van der Waals surface area contributed by atoms with E-state index in [1.165, 1.54) is 11.2 Å². The number of carbonyl (C=O) groups is 2. The number of amides is 2. The van der Waals surface area contributed by atoms with Crippen LogP contribution in [0.1, 0.15) is 32.8 Å². The van der Waals surface area contributed by atoms with Crippen LogP contribution in [-0.4, -0.2) is 56.8 Å². The second kappa shape index (κ2) is 9.25. The largest absolute Gasteiger partial charge is 0.444 e. The zero-order valence-corrected chi connectivity index (χ0v) is 17.9. The maximum atomic E-state index is 12.9. The SMILES string of the molecule is CC(C)(C)OC(=O)N1CCC(N(C(=O)OCc2ccccc2)c2ncnc(Cl)n2)C1. The molecule has 1 fully saturated rings. The van der Waals surface area contributed by atoms with Crippen molar-refractivity contribution in [1.29, 1.82) is 0 Å². The zero-order valence-electron chi connectivity index (χ0n) is 17.1. The van der Waals surface area contributed by atoms with E-state index >= 15 is 0 Å². The van der Waals surface area contributed by atoms with Crippen molar-refractivity contribution in [3.63, 3.8) is 0 Å². The summed E-state index contributed by atoms with van der Waals surface area (Å²) in [5, 5.41) is -0.0390. The molecule has 1 unspecified atom stereocenters. The second-order valence-electron chi connectivity index (χ2n) is 7.83. The number of hydrogen-bond donors (Lipinski definition) is 0. The molecule has 3 rings (SSSR count). The van der Waals surface area contributed by atoms with Gasteiger partial charge in [-0.05, 0) is 44.4 Å². The van der Waals surface area contributed by atoms with E-state index in [1.54, 1.807) is 25.7 Å². The number of benzene rings is 1. The molecule has 0 saturated carbocycles. The van der Waals surface area contributed by atoms with E-state index in [9.17, 15) is 9.59 Å². The molecule has 0 radical (unpaired) electrons. The summed E-state index contributed by atoms with van der Waals surface area (Å²) in [6.07, 6.45) is 0.680. The van der Waals surface area contributed by atoms with Crippen LogP contribution in [0, 0.1) is 0 Å². The Labute approximate surface area is 180 Å². The van der Waals surface area contributed by atoms with Crippen molar-refractivity contribution < 1.29 is 19.1 Å². The third-order valence-electron chi connectivity index (χ3n) is 4.33. The smallest absolute Gasteiger partial charge is 0.417 e. The predicted octanol–water partition coefficient (Wildman–Crippen LogP) is 3.68. The van der Waals surface area contributed by atoms with Gasteiger partial charge in [-0.25, -0.2) is 24.5 Å². The molecular weight excluding hydrogens is 410 g/mol. The van der Waals surface area contributed by atoms with Gasteiger partial charge in [0.1, 0.15) is 18.5 Å². The van der Waals surface area contributed by atoms with Gasteiger partial charge in [0.05, 0.1) is 6.04 Å². The van der Waals surface area contributed by atoms with Crippen LogP contribution in [-0.2, 0) is 16.1 Å². The Morgan fingerprint density at radius 3 is 2.63 bits per heavy atom. The van der Waals surface area contributed by atoms with Crippen molar-refractivity contribution in [3.05, 3.63) is 47.5 Å². The first-order valence-corrected chi connectivity index (χ1v) is 9.93. The Bertz CT molecular complexity index is 890. The number of nitrogens with zero attached hydrogens (tertiary/aromatic N) is 5. The van der Waals surface area contributed by atoms with Gasteiger partial charge in [-0.3, -0.25) is 0 Å².